The van der Waals surface area contributed by atoms with Crippen LogP contribution in [0.4, 0.5) is 0 Å². The lowest BCUT2D eigenvalue weighted by molar-refractivity contribution is 0.152. The Kier molecular flexibility index (Phi) is 4.51. The monoisotopic (exact) mass is 263 g/mol. The van der Waals surface area contributed by atoms with Gasteiger partial charge in [-0.05, 0) is 81.1 Å². The number of hydrogen-bond acceptors (Lipinski definition) is 1. The van der Waals surface area contributed by atoms with E-state index < -0.39 is 0 Å². The van der Waals surface area contributed by atoms with E-state index in [0.717, 1.165) is 42.2 Å². The third kappa shape index (κ3) is 3.01. The molecule has 0 aromatic carbocycles. The molecule has 1 nitrogen and oxygen atoms in total. The van der Waals surface area contributed by atoms with Gasteiger partial charge >= 0.3 is 0 Å². The van der Waals surface area contributed by atoms with Crippen molar-refractivity contribution in [2.45, 2.75) is 77.7 Å². The van der Waals surface area contributed by atoms with E-state index in [9.17, 15) is 0 Å². The van der Waals surface area contributed by atoms with Crippen LogP contribution in [-0.4, -0.2) is 12.6 Å². The number of fused-ring (bicyclic) bond motifs is 2. The Bertz CT molecular complexity index is 287. The predicted molar refractivity (Wildman–Crippen MR) is 82.1 cm³/mol. The lowest BCUT2D eigenvalue weighted by atomic mass is 9.71. The van der Waals surface area contributed by atoms with Crippen LogP contribution in [0.25, 0.3) is 0 Å². The van der Waals surface area contributed by atoms with E-state index in [1.807, 2.05) is 0 Å². The van der Waals surface area contributed by atoms with Crippen LogP contribution in [-0.2, 0) is 0 Å². The lowest BCUT2D eigenvalue weighted by Gasteiger charge is -2.39. The molecule has 2 bridgehead atoms. The molecule has 0 amide bonds. The fourth-order valence-corrected chi connectivity index (χ4v) is 5.58. The van der Waals surface area contributed by atoms with Crippen molar-refractivity contribution in [3.8, 4) is 0 Å². The molecule has 3 aliphatic carbocycles. The summed E-state index contributed by atoms with van der Waals surface area (Å²) in [6.45, 7) is 5.84. The Morgan fingerprint density at radius 2 is 1.79 bits per heavy atom. The van der Waals surface area contributed by atoms with E-state index in [4.69, 9.17) is 0 Å². The predicted octanol–water partition coefficient (Wildman–Crippen LogP) is 4.62. The first-order valence-electron chi connectivity index (χ1n) is 9.03. The lowest BCUT2D eigenvalue weighted by Crippen LogP contribution is -2.41. The van der Waals surface area contributed by atoms with Crippen molar-refractivity contribution in [1.29, 1.82) is 0 Å². The Morgan fingerprint density at radius 1 is 0.895 bits per heavy atom. The molecule has 0 aromatic heterocycles. The minimum atomic E-state index is 0.840. The molecule has 110 valence electrons. The maximum Gasteiger partial charge on any atom is 0.00955 e. The van der Waals surface area contributed by atoms with Crippen LogP contribution in [0.1, 0.15) is 71.6 Å². The summed E-state index contributed by atoms with van der Waals surface area (Å²) in [6.07, 6.45) is 13.7. The zero-order valence-corrected chi connectivity index (χ0v) is 13.0. The fourth-order valence-electron chi connectivity index (χ4n) is 5.58. The van der Waals surface area contributed by atoms with Crippen molar-refractivity contribution >= 4 is 0 Å². The molecule has 6 atom stereocenters. The fraction of sp³-hybridized carbons (Fsp3) is 1.00. The highest BCUT2D eigenvalue weighted by molar-refractivity contribution is 4.93. The van der Waals surface area contributed by atoms with Gasteiger partial charge in [-0.3, -0.25) is 0 Å². The largest absolute Gasteiger partial charge is 0.314 e. The Morgan fingerprint density at radius 3 is 2.42 bits per heavy atom. The zero-order chi connectivity index (χ0) is 13.2. The molecule has 1 N–H and O–H groups in total. The molecule has 0 aromatic rings. The normalized spacial score (nSPS) is 45.8. The number of hydrogen-bond donors (Lipinski definition) is 1. The zero-order valence-electron chi connectivity index (χ0n) is 13.0. The molecular weight excluding hydrogens is 230 g/mol. The summed E-state index contributed by atoms with van der Waals surface area (Å²) in [6, 6.07) is 0.840. The Labute approximate surface area is 119 Å². The van der Waals surface area contributed by atoms with Crippen LogP contribution >= 0.6 is 0 Å². The second-order valence-electron chi connectivity index (χ2n) is 7.68. The summed E-state index contributed by atoms with van der Waals surface area (Å²) in [5.74, 6) is 5.36. The first kappa shape index (κ1) is 13.9. The molecule has 19 heavy (non-hydrogen) atoms. The molecule has 0 aliphatic heterocycles. The van der Waals surface area contributed by atoms with Crippen LogP contribution in [0.2, 0.25) is 0 Å². The SMILES string of the molecule is CCNC1CCC(CC)CC1CC1CC2CCC1C2. The van der Waals surface area contributed by atoms with E-state index in [1.165, 1.54) is 25.7 Å². The highest BCUT2D eigenvalue weighted by atomic mass is 14.9. The molecule has 0 saturated heterocycles. The molecule has 0 spiro atoms. The summed E-state index contributed by atoms with van der Waals surface area (Å²) in [7, 11) is 0. The van der Waals surface area contributed by atoms with Crippen LogP contribution in [0.5, 0.6) is 0 Å². The smallest absolute Gasteiger partial charge is 0.00955 e. The summed E-state index contributed by atoms with van der Waals surface area (Å²) >= 11 is 0. The van der Waals surface area contributed by atoms with E-state index in [0.29, 0.717) is 0 Å². The van der Waals surface area contributed by atoms with Crippen LogP contribution in [0.15, 0.2) is 0 Å². The third-order valence-corrected chi connectivity index (χ3v) is 6.62. The standard InChI is InChI=1S/C18H33N/c1-3-13-6-8-18(19-4-2)17(9-13)12-16-11-14-5-7-15(16)10-14/h13-19H,3-12H2,1-2H3. The Balaban J connectivity index is 1.58. The minimum absolute atomic E-state index is 0.840. The second-order valence-corrected chi connectivity index (χ2v) is 7.68. The van der Waals surface area contributed by atoms with Gasteiger partial charge in [0.2, 0.25) is 0 Å². The quantitative estimate of drug-likeness (QED) is 0.763. The van der Waals surface area contributed by atoms with Gasteiger partial charge in [-0.1, -0.05) is 26.7 Å². The molecule has 6 unspecified atom stereocenters. The van der Waals surface area contributed by atoms with E-state index >= 15 is 0 Å². The summed E-state index contributed by atoms with van der Waals surface area (Å²) in [5.41, 5.74) is 0. The molecule has 3 saturated carbocycles. The first-order chi connectivity index (χ1) is 9.30. The highest BCUT2D eigenvalue weighted by Crippen LogP contribution is 2.51. The molecular formula is C18H33N. The molecule has 0 heterocycles. The van der Waals surface area contributed by atoms with Gasteiger partial charge in [0.15, 0.2) is 0 Å². The third-order valence-electron chi connectivity index (χ3n) is 6.62. The highest BCUT2D eigenvalue weighted by Gasteiger charge is 2.41. The summed E-state index contributed by atoms with van der Waals surface area (Å²) in [4.78, 5) is 0. The van der Waals surface area contributed by atoms with Gasteiger partial charge in [0.05, 0.1) is 0 Å². The van der Waals surface area contributed by atoms with Crippen molar-refractivity contribution in [2.75, 3.05) is 6.54 Å². The van der Waals surface area contributed by atoms with Crippen molar-refractivity contribution in [2.24, 2.45) is 29.6 Å². The maximum atomic E-state index is 3.80. The maximum absolute atomic E-state index is 3.80. The van der Waals surface area contributed by atoms with Crippen molar-refractivity contribution in [3.63, 3.8) is 0 Å². The van der Waals surface area contributed by atoms with Crippen molar-refractivity contribution in [1.82, 2.24) is 5.32 Å². The van der Waals surface area contributed by atoms with Crippen molar-refractivity contribution in [3.05, 3.63) is 0 Å². The van der Waals surface area contributed by atoms with Gasteiger partial charge in [-0.25, -0.2) is 0 Å². The Hall–Kier alpha value is -0.0400. The van der Waals surface area contributed by atoms with Gasteiger partial charge in [-0.2, -0.15) is 0 Å². The first-order valence-corrected chi connectivity index (χ1v) is 9.03. The van der Waals surface area contributed by atoms with Crippen LogP contribution < -0.4 is 5.32 Å². The van der Waals surface area contributed by atoms with Gasteiger partial charge < -0.3 is 5.32 Å². The average Bonchev–Trinajstić information content (AvgIpc) is 3.03. The van der Waals surface area contributed by atoms with E-state index in [1.54, 1.807) is 32.1 Å². The number of nitrogens with one attached hydrogen (secondary N) is 1. The topological polar surface area (TPSA) is 12.0 Å². The van der Waals surface area contributed by atoms with Crippen LogP contribution in [0, 0.1) is 29.6 Å². The summed E-state index contributed by atoms with van der Waals surface area (Å²) < 4.78 is 0. The molecule has 3 fully saturated rings. The van der Waals surface area contributed by atoms with E-state index in [2.05, 4.69) is 19.2 Å². The van der Waals surface area contributed by atoms with E-state index in [-0.39, 0.29) is 0 Å². The molecule has 0 radical (unpaired) electrons. The second kappa shape index (κ2) is 6.16. The minimum Gasteiger partial charge on any atom is -0.314 e. The van der Waals surface area contributed by atoms with Gasteiger partial charge in [-0.15, -0.1) is 0 Å². The molecule has 1 heteroatoms. The number of rotatable bonds is 5. The van der Waals surface area contributed by atoms with Crippen molar-refractivity contribution < 1.29 is 0 Å². The summed E-state index contributed by atoms with van der Waals surface area (Å²) in [5, 5.41) is 3.80. The molecule has 3 rings (SSSR count). The van der Waals surface area contributed by atoms with Gasteiger partial charge in [0, 0.05) is 6.04 Å². The van der Waals surface area contributed by atoms with Gasteiger partial charge in [0.25, 0.3) is 0 Å². The van der Waals surface area contributed by atoms with Crippen LogP contribution in [0.3, 0.4) is 0 Å². The average molecular weight is 263 g/mol. The molecule has 3 aliphatic rings. The van der Waals surface area contributed by atoms with Gasteiger partial charge in [0.1, 0.15) is 0 Å².